The molecule has 6 nitrogen and oxygen atoms in total. The second kappa shape index (κ2) is 10.7. The number of carbonyl (C=O) groups excluding carboxylic acids is 1. The first-order valence-corrected chi connectivity index (χ1v) is 13.7. The van der Waals surface area contributed by atoms with Gasteiger partial charge >= 0.3 is 0 Å². The van der Waals surface area contributed by atoms with E-state index in [-0.39, 0.29) is 10.8 Å². The monoisotopic (exact) mass is 495 g/mol. The van der Waals surface area contributed by atoms with Crippen molar-refractivity contribution in [3.8, 4) is 0 Å². The van der Waals surface area contributed by atoms with E-state index in [0.29, 0.717) is 18.1 Å². The van der Waals surface area contributed by atoms with E-state index in [1.54, 1.807) is 12.1 Å². The number of benzene rings is 2. The fourth-order valence-electron chi connectivity index (χ4n) is 3.93. The molecule has 1 aromatic heterocycles. The second-order valence-electron chi connectivity index (χ2n) is 8.51. The molecule has 2 aromatic carbocycles. The van der Waals surface area contributed by atoms with Crippen molar-refractivity contribution in [3.05, 3.63) is 83.6 Å². The Bertz CT molecular complexity index is 1240. The first kappa shape index (κ1) is 24.4. The summed E-state index contributed by atoms with van der Waals surface area (Å²) < 4.78 is 27.4. The Kier molecular flexibility index (Phi) is 7.70. The molecule has 0 saturated carbocycles. The van der Waals surface area contributed by atoms with Gasteiger partial charge in [0.15, 0.2) is 0 Å². The number of amides is 1. The zero-order valence-corrected chi connectivity index (χ0v) is 21.0. The van der Waals surface area contributed by atoms with Crippen LogP contribution in [-0.2, 0) is 14.8 Å². The highest BCUT2D eigenvalue weighted by Crippen LogP contribution is 2.36. The molecule has 1 saturated heterocycles. The topological polar surface area (TPSA) is 79.4 Å². The van der Waals surface area contributed by atoms with Crippen LogP contribution in [-0.4, -0.2) is 36.7 Å². The number of thioether (sulfide) groups is 1. The predicted octanol–water partition coefficient (Wildman–Crippen LogP) is 5.35. The Morgan fingerprint density at radius 1 is 1.00 bits per heavy atom. The van der Waals surface area contributed by atoms with E-state index < -0.39 is 15.3 Å². The molecule has 1 fully saturated rings. The van der Waals surface area contributed by atoms with Crippen LogP contribution in [0.1, 0.15) is 41.2 Å². The molecule has 4 rings (SSSR count). The van der Waals surface area contributed by atoms with Crippen molar-refractivity contribution >= 4 is 33.4 Å². The van der Waals surface area contributed by atoms with Crippen molar-refractivity contribution in [1.82, 2.24) is 9.29 Å². The van der Waals surface area contributed by atoms with E-state index in [9.17, 15) is 13.2 Å². The number of anilines is 1. The van der Waals surface area contributed by atoms with E-state index in [1.165, 1.54) is 22.3 Å². The van der Waals surface area contributed by atoms with Crippen molar-refractivity contribution in [2.75, 3.05) is 18.4 Å². The van der Waals surface area contributed by atoms with Crippen LogP contribution in [0, 0.1) is 13.8 Å². The van der Waals surface area contributed by atoms with Crippen LogP contribution in [0.3, 0.4) is 0 Å². The normalized spacial score (nSPS) is 15.6. The molecule has 178 valence electrons. The van der Waals surface area contributed by atoms with Gasteiger partial charge in [0.2, 0.25) is 15.9 Å². The number of aryl methyl sites for hydroxylation is 2. The van der Waals surface area contributed by atoms with Crippen LogP contribution in [0.2, 0.25) is 0 Å². The maximum atomic E-state index is 13.4. The minimum absolute atomic E-state index is 0.156. The lowest BCUT2D eigenvalue weighted by molar-refractivity contribution is -0.115. The lowest BCUT2D eigenvalue weighted by Crippen LogP contribution is -2.35. The summed E-state index contributed by atoms with van der Waals surface area (Å²) >= 11 is 1.30. The van der Waals surface area contributed by atoms with Gasteiger partial charge in [0.05, 0.1) is 5.03 Å². The van der Waals surface area contributed by atoms with Crippen LogP contribution in [0.15, 0.2) is 76.8 Å². The van der Waals surface area contributed by atoms with Gasteiger partial charge in [-0.25, -0.2) is 13.4 Å². The fourth-order valence-corrected chi connectivity index (χ4v) is 6.36. The molecule has 3 aromatic rings. The Balaban J connectivity index is 1.56. The highest BCUT2D eigenvalue weighted by atomic mass is 32.2. The molecule has 34 heavy (non-hydrogen) atoms. The summed E-state index contributed by atoms with van der Waals surface area (Å²) in [6, 6.07) is 18.8. The third-order valence-electron chi connectivity index (χ3n) is 5.89. The largest absolute Gasteiger partial charge is 0.325 e. The standard InChI is InChI=1S/C26H29N3O3S2/c1-19-11-12-20(2)23(17-19)28-26(30)25(21-9-5-3-6-10-21)33-24-14-13-22(18-27-24)34(31,32)29-15-7-4-8-16-29/h3,5-6,9-14,17-18,25H,4,7-8,15-16H2,1-2H3,(H,28,30)/t25-/m0/s1. The SMILES string of the molecule is Cc1ccc(C)c(NC(=O)[C@@H](Sc2ccc(S(=O)(=O)N3CCCCC3)cn2)c2ccccc2)c1. The molecule has 1 atom stereocenters. The van der Waals surface area contributed by atoms with Crippen LogP contribution >= 0.6 is 11.8 Å². The number of sulfonamides is 1. The number of hydrogen-bond donors (Lipinski definition) is 1. The Labute approximate surface area is 205 Å². The summed E-state index contributed by atoms with van der Waals surface area (Å²) in [4.78, 5) is 17.9. The number of hydrogen-bond acceptors (Lipinski definition) is 5. The smallest absolute Gasteiger partial charge is 0.244 e. The van der Waals surface area contributed by atoms with Gasteiger partial charge in [0, 0.05) is 25.0 Å². The summed E-state index contributed by atoms with van der Waals surface area (Å²) in [5.41, 5.74) is 3.68. The van der Waals surface area contributed by atoms with Gasteiger partial charge in [-0.3, -0.25) is 4.79 Å². The molecular weight excluding hydrogens is 466 g/mol. The quantitative estimate of drug-likeness (QED) is 0.447. The molecule has 8 heteroatoms. The predicted molar refractivity (Wildman–Crippen MR) is 136 cm³/mol. The van der Waals surface area contributed by atoms with Gasteiger partial charge < -0.3 is 5.32 Å². The van der Waals surface area contributed by atoms with Crippen molar-refractivity contribution in [2.24, 2.45) is 0 Å². The first-order chi connectivity index (χ1) is 16.3. The summed E-state index contributed by atoms with van der Waals surface area (Å²) in [5.74, 6) is -0.156. The van der Waals surface area contributed by atoms with E-state index in [2.05, 4.69) is 10.3 Å². The third kappa shape index (κ3) is 5.68. The fraction of sp³-hybridized carbons (Fsp3) is 0.308. The minimum atomic E-state index is -3.54. The number of aromatic nitrogens is 1. The molecule has 1 aliphatic rings. The van der Waals surface area contributed by atoms with Crippen molar-refractivity contribution < 1.29 is 13.2 Å². The number of piperidine rings is 1. The maximum Gasteiger partial charge on any atom is 0.244 e. The molecule has 0 spiro atoms. The van der Waals surface area contributed by atoms with Gasteiger partial charge in [-0.15, -0.1) is 0 Å². The maximum absolute atomic E-state index is 13.4. The lowest BCUT2D eigenvalue weighted by atomic mass is 10.1. The molecule has 0 aliphatic carbocycles. The van der Waals surface area contributed by atoms with Crippen LogP contribution < -0.4 is 5.32 Å². The van der Waals surface area contributed by atoms with E-state index in [0.717, 1.165) is 41.6 Å². The number of carbonyl (C=O) groups is 1. The van der Waals surface area contributed by atoms with Gasteiger partial charge in [0.25, 0.3) is 0 Å². The first-order valence-electron chi connectivity index (χ1n) is 11.4. The Morgan fingerprint density at radius 3 is 2.41 bits per heavy atom. The number of nitrogens with one attached hydrogen (secondary N) is 1. The van der Waals surface area contributed by atoms with E-state index >= 15 is 0 Å². The third-order valence-corrected chi connectivity index (χ3v) is 8.98. The number of pyridine rings is 1. The minimum Gasteiger partial charge on any atom is -0.325 e. The summed E-state index contributed by atoms with van der Waals surface area (Å²) in [7, 11) is -3.54. The van der Waals surface area contributed by atoms with Crippen LogP contribution in [0.25, 0.3) is 0 Å². The second-order valence-corrected chi connectivity index (χ2v) is 11.6. The Hall–Kier alpha value is -2.68. The zero-order chi connectivity index (χ0) is 24.1. The highest BCUT2D eigenvalue weighted by Gasteiger charge is 2.27. The van der Waals surface area contributed by atoms with Gasteiger partial charge in [-0.2, -0.15) is 4.31 Å². The molecule has 1 N–H and O–H groups in total. The zero-order valence-electron chi connectivity index (χ0n) is 19.4. The Morgan fingerprint density at radius 2 is 1.74 bits per heavy atom. The molecule has 1 amide bonds. The van der Waals surface area contributed by atoms with Gasteiger partial charge in [-0.05, 0) is 61.6 Å². The molecule has 0 radical (unpaired) electrons. The van der Waals surface area contributed by atoms with Crippen molar-refractivity contribution in [2.45, 2.75) is 48.3 Å². The average molecular weight is 496 g/mol. The van der Waals surface area contributed by atoms with Crippen LogP contribution in [0.4, 0.5) is 5.69 Å². The van der Waals surface area contributed by atoms with E-state index in [1.807, 2.05) is 62.4 Å². The molecule has 0 bridgehead atoms. The van der Waals surface area contributed by atoms with Gasteiger partial charge in [0.1, 0.15) is 10.1 Å². The van der Waals surface area contributed by atoms with Crippen LogP contribution in [0.5, 0.6) is 0 Å². The number of rotatable bonds is 7. The molecule has 1 aliphatic heterocycles. The van der Waals surface area contributed by atoms with Crippen molar-refractivity contribution in [3.63, 3.8) is 0 Å². The average Bonchev–Trinajstić information content (AvgIpc) is 2.86. The molecular formula is C26H29N3O3S2. The number of nitrogens with zero attached hydrogens (tertiary/aromatic N) is 2. The van der Waals surface area contributed by atoms with E-state index in [4.69, 9.17) is 0 Å². The summed E-state index contributed by atoms with van der Waals surface area (Å²) in [6.45, 7) is 5.05. The highest BCUT2D eigenvalue weighted by molar-refractivity contribution is 8.00. The molecule has 2 heterocycles. The van der Waals surface area contributed by atoms with Gasteiger partial charge in [-0.1, -0.05) is 60.6 Å². The summed E-state index contributed by atoms with van der Waals surface area (Å²) in [6.07, 6.45) is 4.23. The lowest BCUT2D eigenvalue weighted by Gasteiger charge is -2.25. The summed E-state index contributed by atoms with van der Waals surface area (Å²) in [5, 5.41) is 3.10. The van der Waals surface area contributed by atoms with Crippen molar-refractivity contribution in [1.29, 1.82) is 0 Å². The molecule has 0 unspecified atom stereocenters.